The van der Waals surface area contributed by atoms with Crippen LogP contribution in [0.15, 0.2) is 30.3 Å². The van der Waals surface area contributed by atoms with Gasteiger partial charge in [-0.3, -0.25) is 4.90 Å². The van der Waals surface area contributed by atoms with E-state index in [1.165, 1.54) is 5.56 Å². The molecule has 1 aromatic carbocycles. The lowest BCUT2D eigenvalue weighted by Gasteiger charge is -2.30. The predicted octanol–water partition coefficient (Wildman–Crippen LogP) is 1.74. The average molecular weight is 235 g/mol. The molecule has 17 heavy (non-hydrogen) atoms. The minimum Gasteiger partial charge on any atom is -0.352 e. The van der Waals surface area contributed by atoms with Crippen LogP contribution in [0.2, 0.25) is 0 Å². The van der Waals surface area contributed by atoms with Gasteiger partial charge in [-0.25, -0.2) is 4.79 Å². The van der Waals surface area contributed by atoms with E-state index >= 15 is 0 Å². The Morgan fingerprint density at radius 3 is 2.35 bits per heavy atom. The topological polar surface area (TPSA) is 58.4 Å². The van der Waals surface area contributed by atoms with Gasteiger partial charge in [-0.05, 0) is 18.7 Å². The Hall–Kier alpha value is -1.55. The van der Waals surface area contributed by atoms with Crippen molar-refractivity contribution in [2.75, 3.05) is 19.6 Å². The third kappa shape index (κ3) is 4.07. The van der Waals surface area contributed by atoms with Gasteiger partial charge in [-0.15, -0.1) is 0 Å². The van der Waals surface area contributed by atoms with Crippen molar-refractivity contribution >= 4 is 6.03 Å². The Kier molecular flexibility index (Phi) is 5.49. The molecule has 0 spiro atoms. The van der Waals surface area contributed by atoms with Gasteiger partial charge in [0.15, 0.2) is 0 Å². The molecule has 1 rings (SSSR count). The van der Waals surface area contributed by atoms with Crippen LogP contribution in [-0.4, -0.2) is 30.6 Å². The molecule has 0 saturated carbocycles. The van der Waals surface area contributed by atoms with Gasteiger partial charge in [-0.2, -0.15) is 0 Å². The molecular weight excluding hydrogens is 214 g/mol. The van der Waals surface area contributed by atoms with E-state index in [-0.39, 0.29) is 6.04 Å². The van der Waals surface area contributed by atoms with Gasteiger partial charge in [-0.1, -0.05) is 44.2 Å². The van der Waals surface area contributed by atoms with Crippen LogP contribution in [0.25, 0.3) is 0 Å². The minimum absolute atomic E-state index is 0.179. The molecule has 94 valence electrons. The van der Waals surface area contributed by atoms with Crippen molar-refractivity contribution in [1.29, 1.82) is 0 Å². The van der Waals surface area contributed by atoms with Gasteiger partial charge in [0, 0.05) is 6.54 Å². The summed E-state index contributed by atoms with van der Waals surface area (Å²) in [4.78, 5) is 13.1. The molecule has 1 unspecified atom stereocenters. The fourth-order valence-corrected chi connectivity index (χ4v) is 1.99. The van der Waals surface area contributed by atoms with Crippen LogP contribution in [0.5, 0.6) is 0 Å². The number of likely N-dealkylation sites (N-methyl/N-ethyl adjacent to an activating group) is 1. The molecule has 4 nitrogen and oxygen atoms in total. The fraction of sp³-hybridized carbons (Fsp3) is 0.462. The zero-order valence-electron chi connectivity index (χ0n) is 10.5. The van der Waals surface area contributed by atoms with E-state index in [4.69, 9.17) is 5.73 Å². The first-order valence-electron chi connectivity index (χ1n) is 6.01. The standard InChI is InChI=1S/C13H21N3O/c1-3-16(4-2)12(10-15-13(14)17)11-8-6-5-7-9-11/h5-9,12H,3-4,10H2,1-2H3,(H3,14,15,17). The summed E-state index contributed by atoms with van der Waals surface area (Å²) in [5.41, 5.74) is 6.33. The molecule has 4 heteroatoms. The summed E-state index contributed by atoms with van der Waals surface area (Å²) in [6, 6.07) is 9.87. The molecular formula is C13H21N3O. The molecule has 0 radical (unpaired) electrons. The molecule has 0 aliphatic carbocycles. The highest BCUT2D eigenvalue weighted by Crippen LogP contribution is 2.19. The molecule has 0 aliphatic heterocycles. The maximum atomic E-state index is 10.8. The van der Waals surface area contributed by atoms with E-state index in [1.54, 1.807) is 0 Å². The van der Waals surface area contributed by atoms with E-state index in [0.29, 0.717) is 6.54 Å². The highest BCUT2D eigenvalue weighted by molar-refractivity contribution is 5.71. The highest BCUT2D eigenvalue weighted by Gasteiger charge is 2.17. The van der Waals surface area contributed by atoms with E-state index < -0.39 is 6.03 Å². The average Bonchev–Trinajstić information content (AvgIpc) is 2.35. The normalized spacial score (nSPS) is 12.4. The predicted molar refractivity (Wildman–Crippen MR) is 69.7 cm³/mol. The molecule has 1 atom stereocenters. The number of carbonyl (C=O) groups excluding carboxylic acids is 1. The van der Waals surface area contributed by atoms with Gasteiger partial charge in [0.25, 0.3) is 0 Å². The van der Waals surface area contributed by atoms with Gasteiger partial charge in [0.05, 0.1) is 6.04 Å². The second-order valence-corrected chi connectivity index (χ2v) is 3.89. The number of primary amides is 1. The molecule has 0 heterocycles. The van der Waals surface area contributed by atoms with Crippen molar-refractivity contribution in [3.8, 4) is 0 Å². The molecule has 0 fully saturated rings. The van der Waals surface area contributed by atoms with Crippen LogP contribution < -0.4 is 11.1 Å². The summed E-state index contributed by atoms with van der Waals surface area (Å²) in [7, 11) is 0. The SMILES string of the molecule is CCN(CC)C(CNC(N)=O)c1ccccc1. The first-order valence-corrected chi connectivity index (χ1v) is 6.01. The summed E-state index contributed by atoms with van der Waals surface area (Å²) in [6.45, 7) is 6.65. The summed E-state index contributed by atoms with van der Waals surface area (Å²) < 4.78 is 0. The van der Waals surface area contributed by atoms with E-state index in [9.17, 15) is 4.79 Å². The monoisotopic (exact) mass is 235 g/mol. The first-order chi connectivity index (χ1) is 8.19. The van der Waals surface area contributed by atoms with E-state index in [0.717, 1.165) is 13.1 Å². The molecule has 1 aromatic rings. The Balaban J connectivity index is 2.81. The number of urea groups is 1. The third-order valence-corrected chi connectivity index (χ3v) is 2.91. The van der Waals surface area contributed by atoms with Crippen LogP contribution in [-0.2, 0) is 0 Å². The lowest BCUT2D eigenvalue weighted by atomic mass is 10.1. The quantitative estimate of drug-likeness (QED) is 0.789. The molecule has 0 aromatic heterocycles. The number of hydrogen-bond donors (Lipinski definition) is 2. The van der Waals surface area contributed by atoms with Crippen LogP contribution in [0.4, 0.5) is 4.79 Å². The lowest BCUT2D eigenvalue weighted by Crippen LogP contribution is -2.40. The van der Waals surface area contributed by atoms with Crippen LogP contribution >= 0.6 is 0 Å². The van der Waals surface area contributed by atoms with Crippen molar-refractivity contribution in [2.45, 2.75) is 19.9 Å². The molecule has 0 bridgehead atoms. The van der Waals surface area contributed by atoms with Crippen LogP contribution in [0.3, 0.4) is 0 Å². The number of carbonyl (C=O) groups is 1. The molecule has 2 amide bonds. The molecule has 0 saturated heterocycles. The third-order valence-electron chi connectivity index (χ3n) is 2.91. The summed E-state index contributed by atoms with van der Waals surface area (Å²) >= 11 is 0. The maximum Gasteiger partial charge on any atom is 0.312 e. The number of nitrogens with zero attached hydrogens (tertiary/aromatic N) is 1. The number of nitrogens with one attached hydrogen (secondary N) is 1. The summed E-state index contributed by atoms with van der Waals surface area (Å²) in [5, 5.41) is 2.69. The fourth-order valence-electron chi connectivity index (χ4n) is 1.99. The maximum absolute atomic E-state index is 10.8. The van der Waals surface area contributed by atoms with Crippen molar-refractivity contribution in [1.82, 2.24) is 10.2 Å². The van der Waals surface area contributed by atoms with Crippen molar-refractivity contribution < 1.29 is 4.79 Å². The minimum atomic E-state index is -0.474. The van der Waals surface area contributed by atoms with Crippen molar-refractivity contribution in [3.05, 3.63) is 35.9 Å². The number of rotatable bonds is 6. The second-order valence-electron chi connectivity index (χ2n) is 3.89. The van der Waals surface area contributed by atoms with E-state index in [1.807, 2.05) is 18.2 Å². The van der Waals surface area contributed by atoms with E-state index in [2.05, 4.69) is 36.2 Å². The molecule has 0 aliphatic rings. The van der Waals surface area contributed by atoms with Crippen molar-refractivity contribution in [3.63, 3.8) is 0 Å². The Morgan fingerprint density at radius 2 is 1.88 bits per heavy atom. The van der Waals surface area contributed by atoms with Crippen LogP contribution in [0.1, 0.15) is 25.5 Å². The van der Waals surface area contributed by atoms with Crippen molar-refractivity contribution in [2.24, 2.45) is 5.73 Å². The number of benzene rings is 1. The van der Waals surface area contributed by atoms with Gasteiger partial charge >= 0.3 is 6.03 Å². The lowest BCUT2D eigenvalue weighted by molar-refractivity contribution is 0.209. The Labute approximate surface area is 103 Å². The van der Waals surface area contributed by atoms with Gasteiger partial charge in [0.2, 0.25) is 0 Å². The Morgan fingerprint density at radius 1 is 1.29 bits per heavy atom. The van der Waals surface area contributed by atoms with Gasteiger partial charge in [0.1, 0.15) is 0 Å². The van der Waals surface area contributed by atoms with Crippen LogP contribution in [0, 0.1) is 0 Å². The number of nitrogens with two attached hydrogens (primary N) is 1. The smallest absolute Gasteiger partial charge is 0.312 e. The second kappa shape index (κ2) is 6.91. The number of hydrogen-bond acceptors (Lipinski definition) is 2. The van der Waals surface area contributed by atoms with Gasteiger partial charge < -0.3 is 11.1 Å². The largest absolute Gasteiger partial charge is 0.352 e. The zero-order chi connectivity index (χ0) is 12.7. The zero-order valence-corrected chi connectivity index (χ0v) is 10.5. The Bertz CT molecular complexity index is 336. The highest BCUT2D eigenvalue weighted by atomic mass is 16.2. The molecule has 3 N–H and O–H groups in total. The summed E-state index contributed by atoms with van der Waals surface area (Å²) in [6.07, 6.45) is 0. The first kappa shape index (κ1) is 13.5. The number of amides is 2. The summed E-state index contributed by atoms with van der Waals surface area (Å²) in [5.74, 6) is 0.